The molecule has 0 amide bonds. The molecule has 0 N–H and O–H groups in total. The lowest BCUT2D eigenvalue weighted by atomic mass is 10.2. The molecule has 1 nitrogen and oxygen atoms in total. The Morgan fingerprint density at radius 2 is 2.00 bits per heavy atom. The third-order valence-electron chi connectivity index (χ3n) is 1.53. The van der Waals surface area contributed by atoms with Crippen molar-refractivity contribution in [1.82, 2.24) is 0 Å². The molecule has 1 rings (SSSR count). The summed E-state index contributed by atoms with van der Waals surface area (Å²) in [5, 5.41) is 0. The zero-order chi connectivity index (χ0) is 10.4. The van der Waals surface area contributed by atoms with Crippen LogP contribution in [0.1, 0.15) is 19.4 Å². The van der Waals surface area contributed by atoms with Gasteiger partial charge in [0.15, 0.2) is 0 Å². The lowest BCUT2D eigenvalue weighted by molar-refractivity contribution is 0.243. The summed E-state index contributed by atoms with van der Waals surface area (Å²) in [5.74, 6) is 0.881. The van der Waals surface area contributed by atoms with Gasteiger partial charge in [-0.25, -0.2) is 0 Å². The van der Waals surface area contributed by atoms with Crippen LogP contribution in [0.4, 0.5) is 0 Å². The molecule has 0 bridgehead atoms. The molecule has 3 heteroatoms. The number of benzene rings is 1. The fourth-order valence-electron chi connectivity index (χ4n) is 0.943. The van der Waals surface area contributed by atoms with Gasteiger partial charge in [0.25, 0.3) is 0 Å². The van der Waals surface area contributed by atoms with Gasteiger partial charge >= 0.3 is 0 Å². The van der Waals surface area contributed by atoms with Gasteiger partial charge in [-0.1, -0.05) is 42.1 Å². The Kier molecular flexibility index (Phi) is 4.98. The fraction of sp³-hybridized carbons (Fsp3) is 0.364. The van der Waals surface area contributed by atoms with Crippen molar-refractivity contribution < 1.29 is 4.74 Å². The first-order valence-electron chi connectivity index (χ1n) is 4.56. The first-order valence-corrected chi connectivity index (χ1v) is 5.95. The quantitative estimate of drug-likeness (QED) is 0.728. The van der Waals surface area contributed by atoms with Crippen molar-refractivity contribution in [2.45, 2.75) is 25.7 Å². The Morgan fingerprint density at radius 1 is 1.36 bits per heavy atom. The summed E-state index contributed by atoms with van der Waals surface area (Å²) in [4.78, 5) is 0. The van der Waals surface area contributed by atoms with E-state index in [9.17, 15) is 0 Å². The summed E-state index contributed by atoms with van der Waals surface area (Å²) in [5.41, 5.74) is 1.27. The molecule has 1 aromatic carbocycles. The molecule has 0 radical (unpaired) electrons. The fourth-order valence-corrected chi connectivity index (χ4v) is 2.05. The summed E-state index contributed by atoms with van der Waals surface area (Å²) in [6.45, 7) is 3.96. The molecular weight excluding hydrogens is 212 g/mol. The molecule has 0 fully saturated rings. The van der Waals surface area contributed by atoms with E-state index in [1.165, 1.54) is 5.56 Å². The molecule has 0 spiro atoms. The van der Waals surface area contributed by atoms with Crippen molar-refractivity contribution in [2.75, 3.05) is 0 Å². The number of hydrogen-bond donors (Lipinski definition) is 0. The van der Waals surface area contributed by atoms with Gasteiger partial charge in [0.2, 0.25) is 4.38 Å². The predicted octanol–water partition coefficient (Wildman–Crippen LogP) is 3.63. The highest BCUT2D eigenvalue weighted by molar-refractivity contribution is 8.22. The van der Waals surface area contributed by atoms with Gasteiger partial charge in [0, 0.05) is 5.75 Å². The molecule has 0 aromatic heterocycles. The van der Waals surface area contributed by atoms with Crippen LogP contribution in [0.25, 0.3) is 0 Å². The molecule has 0 unspecified atom stereocenters. The van der Waals surface area contributed by atoms with E-state index in [2.05, 4.69) is 12.1 Å². The highest BCUT2D eigenvalue weighted by Gasteiger charge is 2.01. The minimum absolute atomic E-state index is 0.172. The number of ether oxygens (including phenoxy) is 1. The third-order valence-corrected chi connectivity index (χ3v) is 2.79. The van der Waals surface area contributed by atoms with Crippen LogP contribution in [0, 0.1) is 0 Å². The Labute approximate surface area is 94.9 Å². The molecule has 0 aliphatic carbocycles. The van der Waals surface area contributed by atoms with Crippen LogP contribution in [0.5, 0.6) is 0 Å². The summed E-state index contributed by atoms with van der Waals surface area (Å²) in [6.07, 6.45) is 0.172. The van der Waals surface area contributed by atoms with E-state index in [0.717, 1.165) is 5.75 Å². The average Bonchev–Trinajstić information content (AvgIpc) is 2.15. The van der Waals surface area contributed by atoms with Crippen LogP contribution in [0.3, 0.4) is 0 Å². The number of thioether (sulfide) groups is 1. The maximum absolute atomic E-state index is 5.37. The van der Waals surface area contributed by atoms with Gasteiger partial charge in [-0.3, -0.25) is 0 Å². The Hall–Kier alpha value is -0.540. The molecule has 0 heterocycles. The first-order chi connectivity index (χ1) is 6.68. The van der Waals surface area contributed by atoms with E-state index in [4.69, 9.17) is 17.0 Å². The largest absolute Gasteiger partial charge is 0.476 e. The minimum atomic E-state index is 0.172. The summed E-state index contributed by atoms with van der Waals surface area (Å²) >= 11 is 6.64. The Balaban J connectivity index is 2.31. The molecule has 0 atom stereocenters. The molecule has 0 saturated heterocycles. The second-order valence-electron chi connectivity index (χ2n) is 3.19. The van der Waals surface area contributed by atoms with Crippen LogP contribution in [-0.4, -0.2) is 10.5 Å². The number of hydrogen-bond acceptors (Lipinski definition) is 3. The third kappa shape index (κ3) is 4.63. The van der Waals surface area contributed by atoms with E-state index < -0.39 is 0 Å². The monoisotopic (exact) mass is 226 g/mol. The van der Waals surface area contributed by atoms with Gasteiger partial charge in [0.05, 0.1) is 6.10 Å². The molecular formula is C11H14OS2. The first kappa shape index (κ1) is 11.5. The lowest BCUT2D eigenvalue weighted by Crippen LogP contribution is -2.06. The van der Waals surface area contributed by atoms with Gasteiger partial charge < -0.3 is 4.74 Å². The molecule has 0 aliphatic rings. The molecule has 76 valence electrons. The van der Waals surface area contributed by atoms with E-state index in [1.807, 2.05) is 32.0 Å². The SMILES string of the molecule is CC(C)OC(=S)SCc1ccccc1. The van der Waals surface area contributed by atoms with E-state index >= 15 is 0 Å². The van der Waals surface area contributed by atoms with E-state index in [-0.39, 0.29) is 6.10 Å². The number of rotatable bonds is 3. The molecule has 0 saturated carbocycles. The summed E-state index contributed by atoms with van der Waals surface area (Å²) in [6, 6.07) is 10.2. The smallest absolute Gasteiger partial charge is 0.220 e. The highest BCUT2D eigenvalue weighted by atomic mass is 32.2. The zero-order valence-electron chi connectivity index (χ0n) is 8.40. The standard InChI is InChI=1S/C11H14OS2/c1-9(2)12-11(13)14-8-10-6-4-3-5-7-10/h3-7,9H,8H2,1-2H3. The Bertz CT molecular complexity index is 283. The zero-order valence-corrected chi connectivity index (χ0v) is 10.0. The summed E-state index contributed by atoms with van der Waals surface area (Å²) < 4.78 is 5.99. The highest BCUT2D eigenvalue weighted by Crippen LogP contribution is 2.15. The maximum atomic E-state index is 5.37. The Morgan fingerprint density at radius 3 is 2.57 bits per heavy atom. The maximum Gasteiger partial charge on any atom is 0.220 e. The van der Waals surface area contributed by atoms with Gasteiger partial charge in [0.1, 0.15) is 0 Å². The number of thiocarbonyl (C=S) groups is 1. The molecule has 1 aromatic rings. The van der Waals surface area contributed by atoms with Gasteiger partial charge in [-0.05, 0) is 31.6 Å². The molecule has 14 heavy (non-hydrogen) atoms. The second kappa shape index (κ2) is 6.04. The van der Waals surface area contributed by atoms with Crippen LogP contribution in [0.2, 0.25) is 0 Å². The predicted molar refractivity (Wildman–Crippen MR) is 66.6 cm³/mol. The minimum Gasteiger partial charge on any atom is -0.476 e. The van der Waals surface area contributed by atoms with Crippen LogP contribution in [-0.2, 0) is 10.5 Å². The van der Waals surface area contributed by atoms with Gasteiger partial charge in [-0.2, -0.15) is 0 Å². The van der Waals surface area contributed by atoms with E-state index in [1.54, 1.807) is 11.8 Å². The van der Waals surface area contributed by atoms with Crippen molar-refractivity contribution in [3.8, 4) is 0 Å². The van der Waals surface area contributed by atoms with Crippen molar-refractivity contribution in [2.24, 2.45) is 0 Å². The normalized spacial score (nSPS) is 10.2. The topological polar surface area (TPSA) is 9.23 Å². The van der Waals surface area contributed by atoms with Crippen molar-refractivity contribution >= 4 is 28.4 Å². The van der Waals surface area contributed by atoms with Crippen molar-refractivity contribution in [3.05, 3.63) is 35.9 Å². The van der Waals surface area contributed by atoms with E-state index in [0.29, 0.717) is 4.38 Å². The lowest BCUT2D eigenvalue weighted by Gasteiger charge is -2.09. The molecule has 0 aliphatic heterocycles. The van der Waals surface area contributed by atoms with Crippen LogP contribution < -0.4 is 0 Å². The van der Waals surface area contributed by atoms with Crippen molar-refractivity contribution in [1.29, 1.82) is 0 Å². The van der Waals surface area contributed by atoms with Crippen molar-refractivity contribution in [3.63, 3.8) is 0 Å². The second-order valence-corrected chi connectivity index (χ2v) is 4.77. The summed E-state index contributed by atoms with van der Waals surface area (Å²) in [7, 11) is 0. The van der Waals surface area contributed by atoms with Crippen LogP contribution in [0.15, 0.2) is 30.3 Å². The average molecular weight is 226 g/mol. The van der Waals surface area contributed by atoms with Crippen LogP contribution >= 0.6 is 24.0 Å². The van der Waals surface area contributed by atoms with Gasteiger partial charge in [-0.15, -0.1) is 0 Å².